The molecule has 2 heterocycles. The predicted molar refractivity (Wildman–Crippen MR) is 57.3 cm³/mol. The van der Waals surface area contributed by atoms with Gasteiger partial charge >= 0.3 is 0 Å². The highest BCUT2D eigenvalue weighted by molar-refractivity contribution is 4.87. The minimum Gasteiger partial charge on any atom is -0.378 e. The summed E-state index contributed by atoms with van der Waals surface area (Å²) in [5.41, 5.74) is 0. The zero-order valence-corrected chi connectivity index (χ0v) is 8.85. The summed E-state index contributed by atoms with van der Waals surface area (Å²) < 4.78 is 5.53. The molecular weight excluding hydrogens is 190 g/mol. The van der Waals surface area contributed by atoms with E-state index < -0.39 is 0 Å². The van der Waals surface area contributed by atoms with Crippen LogP contribution in [0.25, 0.3) is 0 Å². The van der Waals surface area contributed by atoms with Gasteiger partial charge < -0.3 is 10.1 Å². The molecule has 15 heavy (non-hydrogen) atoms. The van der Waals surface area contributed by atoms with E-state index in [0.29, 0.717) is 6.10 Å². The quantitative estimate of drug-likeness (QED) is 0.735. The summed E-state index contributed by atoms with van der Waals surface area (Å²) >= 11 is 0. The molecule has 1 N–H and O–H groups in total. The monoisotopic (exact) mass is 207 g/mol. The number of hydrogen-bond acceptors (Lipinski definition) is 4. The number of nitrogens with zero attached hydrogens (tertiary/aromatic N) is 2. The Hall–Kier alpha value is -1.00. The van der Waals surface area contributed by atoms with Crippen LogP contribution >= 0.6 is 0 Å². The third kappa shape index (κ3) is 3.57. The normalized spacial score (nSPS) is 20.7. The highest BCUT2D eigenvalue weighted by Gasteiger charge is 2.14. The molecule has 82 valence electrons. The second-order valence-corrected chi connectivity index (χ2v) is 3.77. The van der Waals surface area contributed by atoms with Crippen LogP contribution in [0.2, 0.25) is 0 Å². The number of rotatable bonds is 5. The van der Waals surface area contributed by atoms with E-state index in [2.05, 4.69) is 15.3 Å². The summed E-state index contributed by atoms with van der Waals surface area (Å²) in [6, 6.07) is 1.83. The van der Waals surface area contributed by atoms with E-state index in [1.54, 1.807) is 12.4 Å². The summed E-state index contributed by atoms with van der Waals surface area (Å²) in [6.45, 7) is 2.66. The summed E-state index contributed by atoms with van der Waals surface area (Å²) in [6.07, 6.45) is 7.52. The van der Waals surface area contributed by atoms with Crippen molar-refractivity contribution >= 4 is 0 Å². The maximum atomic E-state index is 5.53. The van der Waals surface area contributed by atoms with E-state index in [9.17, 15) is 0 Å². The van der Waals surface area contributed by atoms with Gasteiger partial charge in [0.1, 0.15) is 5.82 Å². The number of aromatic nitrogens is 2. The fourth-order valence-electron chi connectivity index (χ4n) is 1.76. The van der Waals surface area contributed by atoms with Crippen molar-refractivity contribution < 1.29 is 4.74 Å². The average molecular weight is 207 g/mol. The van der Waals surface area contributed by atoms with Gasteiger partial charge in [-0.2, -0.15) is 0 Å². The lowest BCUT2D eigenvalue weighted by Crippen LogP contribution is -2.20. The van der Waals surface area contributed by atoms with E-state index in [1.807, 2.05) is 6.07 Å². The van der Waals surface area contributed by atoms with Crippen LogP contribution in [-0.4, -0.2) is 29.2 Å². The Bertz CT molecular complexity index is 272. The highest BCUT2D eigenvalue weighted by atomic mass is 16.5. The van der Waals surface area contributed by atoms with Gasteiger partial charge in [0, 0.05) is 19.0 Å². The van der Waals surface area contributed by atoms with E-state index >= 15 is 0 Å². The zero-order valence-electron chi connectivity index (χ0n) is 8.85. The van der Waals surface area contributed by atoms with Crippen molar-refractivity contribution in [3.63, 3.8) is 0 Å². The molecule has 0 saturated carbocycles. The predicted octanol–water partition coefficient (Wildman–Crippen LogP) is 1.14. The molecule has 1 aliphatic rings. The van der Waals surface area contributed by atoms with Crippen molar-refractivity contribution in [3.05, 3.63) is 24.3 Å². The van der Waals surface area contributed by atoms with Crippen molar-refractivity contribution in [2.75, 3.05) is 13.2 Å². The van der Waals surface area contributed by atoms with Crippen LogP contribution in [0.3, 0.4) is 0 Å². The van der Waals surface area contributed by atoms with Gasteiger partial charge in [-0.3, -0.25) is 0 Å². The molecule has 0 bridgehead atoms. The lowest BCUT2D eigenvalue weighted by atomic mass is 10.2. The first-order valence-electron chi connectivity index (χ1n) is 5.53. The minimum atomic E-state index is 0.467. The molecule has 1 fully saturated rings. The van der Waals surface area contributed by atoms with Gasteiger partial charge in [-0.05, 0) is 31.9 Å². The van der Waals surface area contributed by atoms with Gasteiger partial charge in [0.05, 0.1) is 12.6 Å². The SMILES string of the molecule is c1cnc(CNCCC2CCCO2)nc1. The van der Waals surface area contributed by atoms with E-state index in [4.69, 9.17) is 4.74 Å². The van der Waals surface area contributed by atoms with Gasteiger partial charge in [0.25, 0.3) is 0 Å². The number of nitrogens with one attached hydrogen (secondary N) is 1. The minimum absolute atomic E-state index is 0.467. The van der Waals surface area contributed by atoms with E-state index in [1.165, 1.54) is 12.8 Å². The molecule has 1 saturated heterocycles. The average Bonchev–Trinajstić information content (AvgIpc) is 2.79. The van der Waals surface area contributed by atoms with E-state index in [-0.39, 0.29) is 0 Å². The number of ether oxygens (including phenoxy) is 1. The Morgan fingerprint density at radius 2 is 2.27 bits per heavy atom. The van der Waals surface area contributed by atoms with Crippen molar-refractivity contribution in [2.45, 2.75) is 31.9 Å². The molecule has 0 aliphatic carbocycles. The third-order valence-corrected chi connectivity index (χ3v) is 2.57. The third-order valence-electron chi connectivity index (χ3n) is 2.57. The summed E-state index contributed by atoms with van der Waals surface area (Å²) in [5.74, 6) is 0.852. The fourth-order valence-corrected chi connectivity index (χ4v) is 1.76. The van der Waals surface area contributed by atoms with Crippen molar-refractivity contribution in [1.82, 2.24) is 15.3 Å². The molecule has 0 spiro atoms. The van der Waals surface area contributed by atoms with Crippen LogP contribution in [0.15, 0.2) is 18.5 Å². The maximum absolute atomic E-state index is 5.53. The van der Waals surface area contributed by atoms with Gasteiger partial charge in [-0.15, -0.1) is 0 Å². The van der Waals surface area contributed by atoms with Gasteiger partial charge in [-0.25, -0.2) is 9.97 Å². The van der Waals surface area contributed by atoms with Crippen LogP contribution < -0.4 is 5.32 Å². The van der Waals surface area contributed by atoms with Gasteiger partial charge in [-0.1, -0.05) is 0 Å². The Kier molecular flexibility index (Phi) is 4.05. The second-order valence-electron chi connectivity index (χ2n) is 3.77. The first-order chi connectivity index (χ1) is 7.45. The Morgan fingerprint density at radius 1 is 1.40 bits per heavy atom. The van der Waals surface area contributed by atoms with Gasteiger partial charge in [0.2, 0.25) is 0 Å². The fraction of sp³-hybridized carbons (Fsp3) is 0.636. The molecule has 4 heteroatoms. The lowest BCUT2D eigenvalue weighted by Gasteiger charge is -2.09. The largest absolute Gasteiger partial charge is 0.378 e. The van der Waals surface area contributed by atoms with Crippen LogP contribution in [0, 0.1) is 0 Å². The zero-order chi connectivity index (χ0) is 10.3. The molecule has 1 unspecified atom stereocenters. The molecule has 4 nitrogen and oxygen atoms in total. The molecule has 1 atom stereocenters. The van der Waals surface area contributed by atoms with Crippen LogP contribution in [0.5, 0.6) is 0 Å². The molecule has 1 aromatic rings. The first-order valence-corrected chi connectivity index (χ1v) is 5.53. The molecular formula is C11H17N3O. The summed E-state index contributed by atoms with van der Waals surface area (Å²) in [5, 5.41) is 3.32. The first kappa shape index (κ1) is 10.5. The van der Waals surface area contributed by atoms with Crippen LogP contribution in [-0.2, 0) is 11.3 Å². The molecule has 2 rings (SSSR count). The molecule has 0 amide bonds. The molecule has 0 radical (unpaired) electrons. The smallest absolute Gasteiger partial charge is 0.141 e. The standard InChI is InChI=1S/C11H17N3O/c1-3-10(15-8-1)4-7-12-9-11-13-5-2-6-14-11/h2,5-6,10,12H,1,3-4,7-9H2. The van der Waals surface area contributed by atoms with Gasteiger partial charge in [0.15, 0.2) is 0 Å². The highest BCUT2D eigenvalue weighted by Crippen LogP contribution is 2.14. The summed E-state index contributed by atoms with van der Waals surface area (Å²) in [4.78, 5) is 8.29. The second kappa shape index (κ2) is 5.78. The van der Waals surface area contributed by atoms with Crippen molar-refractivity contribution in [2.24, 2.45) is 0 Å². The number of hydrogen-bond donors (Lipinski definition) is 1. The van der Waals surface area contributed by atoms with Crippen LogP contribution in [0.1, 0.15) is 25.1 Å². The maximum Gasteiger partial charge on any atom is 0.141 e. The Balaban J connectivity index is 1.59. The van der Waals surface area contributed by atoms with Crippen molar-refractivity contribution in [3.8, 4) is 0 Å². The lowest BCUT2D eigenvalue weighted by molar-refractivity contribution is 0.104. The summed E-state index contributed by atoms with van der Waals surface area (Å²) in [7, 11) is 0. The van der Waals surface area contributed by atoms with E-state index in [0.717, 1.165) is 31.9 Å². The topological polar surface area (TPSA) is 47.0 Å². The molecule has 1 aromatic heterocycles. The van der Waals surface area contributed by atoms with Crippen LogP contribution in [0.4, 0.5) is 0 Å². The molecule has 1 aliphatic heterocycles. The molecule has 0 aromatic carbocycles. The Labute approximate surface area is 90.1 Å². The van der Waals surface area contributed by atoms with Crippen molar-refractivity contribution in [1.29, 1.82) is 0 Å². The Morgan fingerprint density at radius 3 is 3.00 bits per heavy atom.